The maximum Gasteiger partial charge on any atom is 0.193 e. The molecule has 0 bridgehead atoms. The van der Waals surface area contributed by atoms with Crippen molar-refractivity contribution in [2.24, 2.45) is 17.0 Å². The van der Waals surface area contributed by atoms with Gasteiger partial charge < -0.3 is 17.0 Å². The second-order valence-corrected chi connectivity index (χ2v) is 6.89. The number of hydrogen-bond donors (Lipinski definition) is 3. The monoisotopic (exact) mass is 319 g/mol. The fraction of sp³-hybridized carbons (Fsp3) is 0.400. The summed E-state index contributed by atoms with van der Waals surface area (Å²) in [5.74, 6) is 0. The standard InChI is InChI=1S/C5H12IN3OP2/c1-2(4(10)12-9)3(7)5(6,8)11/h12H,7-9,11H2,1H3/b3-2+. The number of allylic oxidation sites excluding steroid dienone is 1. The zero-order chi connectivity index (χ0) is 9.94. The molecule has 0 spiro atoms. The van der Waals surface area contributed by atoms with Crippen molar-refractivity contribution in [3.05, 3.63) is 11.3 Å². The van der Waals surface area contributed by atoms with E-state index in [1.54, 1.807) is 6.92 Å². The quantitative estimate of drug-likeness (QED) is 0.228. The highest BCUT2D eigenvalue weighted by Gasteiger charge is 2.21. The van der Waals surface area contributed by atoms with Gasteiger partial charge in [-0.2, -0.15) is 0 Å². The third kappa shape index (κ3) is 3.62. The van der Waals surface area contributed by atoms with Crippen LogP contribution in [0.2, 0.25) is 0 Å². The fourth-order valence-electron chi connectivity index (χ4n) is 0.518. The van der Waals surface area contributed by atoms with Crippen molar-refractivity contribution in [2.75, 3.05) is 0 Å². The predicted octanol–water partition coefficient (Wildman–Crippen LogP) is 0.221. The van der Waals surface area contributed by atoms with E-state index in [2.05, 4.69) is 9.24 Å². The fourth-order valence-corrected chi connectivity index (χ4v) is 1.49. The first-order valence-corrected chi connectivity index (χ1v) is 5.78. The zero-order valence-corrected chi connectivity index (χ0v) is 10.9. The summed E-state index contributed by atoms with van der Waals surface area (Å²) < 4.78 is -0.767. The van der Waals surface area contributed by atoms with Crippen LogP contribution in [0.5, 0.6) is 0 Å². The molecule has 70 valence electrons. The van der Waals surface area contributed by atoms with Crippen LogP contribution in [0.15, 0.2) is 11.3 Å². The summed E-state index contributed by atoms with van der Waals surface area (Å²) in [5, 5.41) is 0. The van der Waals surface area contributed by atoms with E-state index >= 15 is 0 Å². The molecule has 3 unspecified atom stereocenters. The molecule has 0 saturated carbocycles. The van der Waals surface area contributed by atoms with Crippen molar-refractivity contribution in [2.45, 2.75) is 10.2 Å². The van der Waals surface area contributed by atoms with E-state index in [0.717, 1.165) is 0 Å². The molecule has 6 N–H and O–H groups in total. The van der Waals surface area contributed by atoms with Crippen LogP contribution in [0.25, 0.3) is 0 Å². The minimum absolute atomic E-state index is 0.151. The largest absolute Gasteiger partial charge is 0.399 e. The molecular formula is C5H12IN3OP2. The summed E-state index contributed by atoms with van der Waals surface area (Å²) in [5.41, 5.74) is 17.1. The van der Waals surface area contributed by atoms with Crippen molar-refractivity contribution >= 4 is 46.1 Å². The average Bonchev–Trinajstić information content (AvgIpc) is 1.98. The molecule has 0 aromatic rings. The molecule has 0 aliphatic heterocycles. The summed E-state index contributed by atoms with van der Waals surface area (Å²) in [7, 11) is 2.10. The van der Waals surface area contributed by atoms with Gasteiger partial charge in [-0.15, -0.1) is 0 Å². The number of halogens is 1. The highest BCUT2D eigenvalue weighted by molar-refractivity contribution is 14.1. The Morgan fingerprint density at radius 1 is 1.67 bits per heavy atom. The van der Waals surface area contributed by atoms with E-state index in [4.69, 9.17) is 17.0 Å². The van der Waals surface area contributed by atoms with Crippen LogP contribution in [0.3, 0.4) is 0 Å². The zero-order valence-electron chi connectivity index (χ0n) is 6.60. The Hall–Kier alpha value is 0.720. The Morgan fingerprint density at radius 2 is 2.08 bits per heavy atom. The molecule has 0 aliphatic rings. The summed E-state index contributed by atoms with van der Waals surface area (Å²) in [6.45, 7) is 1.63. The molecule has 12 heavy (non-hydrogen) atoms. The number of rotatable bonds is 3. The molecule has 4 nitrogen and oxygen atoms in total. The lowest BCUT2D eigenvalue weighted by Crippen LogP contribution is -2.33. The Labute approximate surface area is 89.3 Å². The summed E-state index contributed by atoms with van der Waals surface area (Å²) in [4.78, 5) is 11.1. The maximum absolute atomic E-state index is 11.1. The number of nitrogens with two attached hydrogens (primary N) is 3. The van der Waals surface area contributed by atoms with Gasteiger partial charge in [-0.05, 0) is 6.92 Å². The summed E-state index contributed by atoms with van der Waals surface area (Å²) in [6.07, 6.45) is 0. The molecule has 0 saturated heterocycles. The van der Waals surface area contributed by atoms with E-state index in [0.29, 0.717) is 11.3 Å². The van der Waals surface area contributed by atoms with Gasteiger partial charge in [0, 0.05) is 20.0 Å². The third-order valence-electron chi connectivity index (χ3n) is 1.29. The van der Waals surface area contributed by atoms with Gasteiger partial charge in [0.05, 0.1) is 0 Å². The first-order chi connectivity index (χ1) is 5.30. The van der Waals surface area contributed by atoms with Gasteiger partial charge in [-0.25, -0.2) is 0 Å². The smallest absolute Gasteiger partial charge is 0.193 e. The van der Waals surface area contributed by atoms with E-state index in [1.165, 1.54) is 0 Å². The van der Waals surface area contributed by atoms with Crippen LogP contribution in [0, 0.1) is 0 Å². The van der Waals surface area contributed by atoms with Crippen LogP contribution < -0.4 is 17.0 Å². The number of carbonyl (C=O) groups is 1. The molecule has 0 aliphatic carbocycles. The highest BCUT2D eigenvalue weighted by Crippen LogP contribution is 2.29. The van der Waals surface area contributed by atoms with Gasteiger partial charge in [0.1, 0.15) is 3.29 Å². The lowest BCUT2D eigenvalue weighted by Gasteiger charge is -2.18. The SMILES string of the molecule is C/C(C(=O)PN)=C(\N)C(N)(P)I. The van der Waals surface area contributed by atoms with Crippen molar-refractivity contribution in [3.63, 3.8) is 0 Å². The van der Waals surface area contributed by atoms with Gasteiger partial charge in [0.2, 0.25) is 0 Å². The molecule has 3 atom stereocenters. The van der Waals surface area contributed by atoms with E-state index < -0.39 is 3.29 Å². The maximum atomic E-state index is 11.1. The summed E-state index contributed by atoms with van der Waals surface area (Å²) >= 11 is 1.94. The lowest BCUT2D eigenvalue weighted by molar-refractivity contribution is -0.108. The normalized spacial score (nSPS) is 19.1. The van der Waals surface area contributed by atoms with Crippen LogP contribution in [-0.2, 0) is 4.79 Å². The molecule has 0 amide bonds. The molecule has 0 fully saturated rings. The van der Waals surface area contributed by atoms with Gasteiger partial charge in [-0.3, -0.25) is 4.79 Å². The molecule has 0 aromatic carbocycles. The van der Waals surface area contributed by atoms with Gasteiger partial charge in [0.15, 0.2) is 5.52 Å². The minimum Gasteiger partial charge on any atom is -0.399 e. The van der Waals surface area contributed by atoms with Crippen molar-refractivity contribution in [1.29, 1.82) is 0 Å². The summed E-state index contributed by atoms with van der Waals surface area (Å²) in [6, 6.07) is 0. The first kappa shape index (κ1) is 12.7. The molecule has 0 radical (unpaired) electrons. The van der Waals surface area contributed by atoms with Crippen LogP contribution >= 0.6 is 40.6 Å². The third-order valence-corrected chi connectivity index (χ3v) is 2.82. The first-order valence-electron chi connectivity index (χ1n) is 3.05. The van der Waals surface area contributed by atoms with E-state index in [9.17, 15) is 4.79 Å². The predicted molar refractivity (Wildman–Crippen MR) is 65.0 cm³/mol. The van der Waals surface area contributed by atoms with Gasteiger partial charge in [0.25, 0.3) is 0 Å². The van der Waals surface area contributed by atoms with Crippen LogP contribution in [0.1, 0.15) is 6.92 Å². The second-order valence-electron chi connectivity index (χ2n) is 2.28. The van der Waals surface area contributed by atoms with Gasteiger partial charge >= 0.3 is 0 Å². The Bertz CT molecular complexity index is 223. The molecule has 0 aromatic heterocycles. The Kier molecular flexibility index (Phi) is 5.11. The number of carbonyl (C=O) groups excluding carboxylic acids is 1. The topological polar surface area (TPSA) is 95.1 Å². The molecule has 0 heterocycles. The Morgan fingerprint density at radius 3 is 2.33 bits per heavy atom. The van der Waals surface area contributed by atoms with Crippen molar-refractivity contribution < 1.29 is 4.79 Å². The van der Waals surface area contributed by atoms with Crippen LogP contribution in [-0.4, -0.2) is 8.81 Å². The van der Waals surface area contributed by atoms with E-state index in [1.807, 2.05) is 22.6 Å². The van der Waals surface area contributed by atoms with Crippen LogP contribution in [0.4, 0.5) is 0 Å². The highest BCUT2D eigenvalue weighted by atomic mass is 127. The Balaban J connectivity index is 4.82. The molecule has 7 heteroatoms. The second kappa shape index (κ2) is 4.82. The number of hydrogen-bond acceptors (Lipinski definition) is 4. The number of alkyl halides is 1. The molecular weight excluding hydrogens is 307 g/mol. The minimum atomic E-state index is -0.767. The average molecular weight is 319 g/mol. The van der Waals surface area contributed by atoms with Crippen molar-refractivity contribution in [3.8, 4) is 0 Å². The molecule has 0 rings (SSSR count). The van der Waals surface area contributed by atoms with E-state index in [-0.39, 0.29) is 14.3 Å². The van der Waals surface area contributed by atoms with Gasteiger partial charge in [-0.1, -0.05) is 31.8 Å². The lowest BCUT2D eigenvalue weighted by atomic mass is 10.2. The van der Waals surface area contributed by atoms with Crippen molar-refractivity contribution in [1.82, 2.24) is 0 Å².